The first-order valence-electron chi connectivity index (χ1n) is 8.26. The van der Waals surface area contributed by atoms with E-state index in [0.29, 0.717) is 5.56 Å². The van der Waals surface area contributed by atoms with Gasteiger partial charge in [0.2, 0.25) is 9.47 Å². The van der Waals surface area contributed by atoms with Crippen molar-refractivity contribution in [2.75, 3.05) is 25.5 Å². The first-order valence-corrected chi connectivity index (χ1v) is 10.6. The SMILES string of the molecule is Cc1cccc(C(=O)Nc2nnc(S(=O)(=O)NC3CCN(C)CC3)s2)c1. The number of hydrogen-bond acceptors (Lipinski definition) is 7. The quantitative estimate of drug-likeness (QED) is 0.743. The van der Waals surface area contributed by atoms with Crippen LogP contribution < -0.4 is 10.0 Å². The van der Waals surface area contributed by atoms with Gasteiger partial charge in [-0.2, -0.15) is 0 Å². The maximum atomic E-state index is 12.5. The van der Waals surface area contributed by atoms with Crippen LogP contribution in [0.4, 0.5) is 5.13 Å². The minimum Gasteiger partial charge on any atom is -0.306 e. The minimum atomic E-state index is -3.74. The highest BCUT2D eigenvalue weighted by atomic mass is 32.2. The molecule has 0 spiro atoms. The summed E-state index contributed by atoms with van der Waals surface area (Å²) in [5, 5.41) is 10.3. The smallest absolute Gasteiger partial charge is 0.270 e. The molecule has 2 N–H and O–H groups in total. The average molecular weight is 396 g/mol. The monoisotopic (exact) mass is 395 g/mol. The van der Waals surface area contributed by atoms with Crippen molar-refractivity contribution >= 4 is 32.4 Å². The van der Waals surface area contributed by atoms with Crippen LogP contribution in [0, 0.1) is 6.92 Å². The van der Waals surface area contributed by atoms with Crippen LogP contribution in [0.15, 0.2) is 28.6 Å². The zero-order valence-electron chi connectivity index (χ0n) is 14.6. The summed E-state index contributed by atoms with van der Waals surface area (Å²) in [7, 11) is -1.73. The number of hydrogen-bond donors (Lipinski definition) is 2. The van der Waals surface area contributed by atoms with E-state index in [1.54, 1.807) is 18.2 Å². The molecule has 0 unspecified atom stereocenters. The number of piperidine rings is 1. The molecule has 0 atom stereocenters. The molecular formula is C16H21N5O3S2. The number of aryl methyl sites for hydroxylation is 1. The number of anilines is 1. The Labute approximate surface area is 156 Å². The predicted molar refractivity (Wildman–Crippen MR) is 99.9 cm³/mol. The fourth-order valence-electron chi connectivity index (χ4n) is 2.72. The van der Waals surface area contributed by atoms with Crippen molar-refractivity contribution in [1.82, 2.24) is 19.8 Å². The van der Waals surface area contributed by atoms with Gasteiger partial charge in [-0.1, -0.05) is 29.0 Å². The number of likely N-dealkylation sites (tertiary alicyclic amines) is 1. The molecule has 0 aliphatic carbocycles. The molecule has 1 aromatic heterocycles. The summed E-state index contributed by atoms with van der Waals surface area (Å²) in [6, 6.07) is 7.00. The fraction of sp³-hybridized carbons (Fsp3) is 0.438. The van der Waals surface area contributed by atoms with E-state index in [-0.39, 0.29) is 21.4 Å². The molecule has 2 aromatic rings. The maximum absolute atomic E-state index is 12.5. The summed E-state index contributed by atoms with van der Waals surface area (Å²) >= 11 is 0.841. The van der Waals surface area contributed by atoms with Gasteiger partial charge in [-0.3, -0.25) is 10.1 Å². The summed E-state index contributed by atoms with van der Waals surface area (Å²) in [5.41, 5.74) is 1.44. The van der Waals surface area contributed by atoms with Crippen molar-refractivity contribution in [2.45, 2.75) is 30.1 Å². The van der Waals surface area contributed by atoms with E-state index in [0.717, 1.165) is 42.8 Å². The molecule has 1 aromatic carbocycles. The molecule has 8 nitrogen and oxygen atoms in total. The highest BCUT2D eigenvalue weighted by molar-refractivity contribution is 7.91. The lowest BCUT2D eigenvalue weighted by molar-refractivity contribution is 0.102. The third-order valence-electron chi connectivity index (χ3n) is 4.18. The number of rotatable bonds is 5. The van der Waals surface area contributed by atoms with E-state index in [2.05, 4.69) is 25.1 Å². The molecular weight excluding hydrogens is 374 g/mol. The number of carbonyl (C=O) groups is 1. The van der Waals surface area contributed by atoms with Gasteiger partial charge in [-0.15, -0.1) is 10.2 Å². The second-order valence-corrected chi connectivity index (χ2v) is 9.26. The van der Waals surface area contributed by atoms with Crippen molar-refractivity contribution in [3.63, 3.8) is 0 Å². The standard InChI is InChI=1S/C16H21N5O3S2/c1-11-4-3-5-12(10-11)14(22)17-15-18-19-16(25-15)26(23,24)20-13-6-8-21(2)9-7-13/h3-5,10,13,20H,6-9H2,1-2H3,(H,17,18,22). The van der Waals surface area contributed by atoms with E-state index in [9.17, 15) is 13.2 Å². The largest absolute Gasteiger partial charge is 0.306 e. The molecule has 1 saturated heterocycles. The van der Waals surface area contributed by atoms with Gasteiger partial charge in [0.25, 0.3) is 15.9 Å². The zero-order valence-corrected chi connectivity index (χ0v) is 16.2. The van der Waals surface area contributed by atoms with Crippen LogP contribution in [0.5, 0.6) is 0 Å². The van der Waals surface area contributed by atoms with Gasteiger partial charge < -0.3 is 4.90 Å². The number of aromatic nitrogens is 2. The lowest BCUT2D eigenvalue weighted by atomic mass is 10.1. The van der Waals surface area contributed by atoms with Crippen LogP contribution in [-0.2, 0) is 10.0 Å². The number of nitrogens with zero attached hydrogens (tertiary/aromatic N) is 3. The predicted octanol–water partition coefficient (Wildman–Crippen LogP) is 1.47. The number of benzene rings is 1. The Morgan fingerprint density at radius 1 is 1.27 bits per heavy atom. The van der Waals surface area contributed by atoms with Gasteiger partial charge in [0.15, 0.2) is 0 Å². The van der Waals surface area contributed by atoms with E-state index < -0.39 is 10.0 Å². The molecule has 1 aliphatic rings. The number of sulfonamides is 1. The summed E-state index contributed by atoms with van der Waals surface area (Å²) in [4.78, 5) is 14.4. The van der Waals surface area contributed by atoms with Crippen LogP contribution >= 0.6 is 11.3 Å². The maximum Gasteiger partial charge on any atom is 0.270 e. The molecule has 1 amide bonds. The first kappa shape index (κ1) is 18.9. The number of carbonyl (C=O) groups excluding carboxylic acids is 1. The van der Waals surface area contributed by atoms with Gasteiger partial charge in [-0.25, -0.2) is 13.1 Å². The zero-order chi connectivity index (χ0) is 18.7. The first-order chi connectivity index (χ1) is 12.3. The Bertz CT molecular complexity index is 889. The molecule has 0 radical (unpaired) electrons. The van der Waals surface area contributed by atoms with Gasteiger partial charge >= 0.3 is 0 Å². The van der Waals surface area contributed by atoms with E-state index in [1.807, 2.05) is 20.0 Å². The van der Waals surface area contributed by atoms with Crippen LogP contribution in [-0.4, -0.2) is 55.6 Å². The summed E-state index contributed by atoms with van der Waals surface area (Å²) in [5.74, 6) is -0.350. The van der Waals surface area contributed by atoms with Crippen molar-refractivity contribution in [3.05, 3.63) is 35.4 Å². The molecule has 1 aliphatic heterocycles. The van der Waals surface area contributed by atoms with Crippen LogP contribution in [0.2, 0.25) is 0 Å². The lowest BCUT2D eigenvalue weighted by Crippen LogP contribution is -2.43. The Morgan fingerprint density at radius 3 is 2.69 bits per heavy atom. The van der Waals surface area contributed by atoms with Gasteiger partial charge in [0.05, 0.1) is 0 Å². The highest BCUT2D eigenvalue weighted by Crippen LogP contribution is 2.22. The summed E-state index contributed by atoms with van der Waals surface area (Å²) in [6.45, 7) is 3.59. The molecule has 26 heavy (non-hydrogen) atoms. The second-order valence-electron chi connectivity index (χ2n) is 6.40. The van der Waals surface area contributed by atoms with E-state index in [1.165, 1.54) is 0 Å². The van der Waals surface area contributed by atoms with Crippen LogP contribution in [0.1, 0.15) is 28.8 Å². The molecule has 3 rings (SSSR count). The summed E-state index contributed by atoms with van der Waals surface area (Å²) in [6.07, 6.45) is 1.51. The van der Waals surface area contributed by atoms with Crippen molar-refractivity contribution in [3.8, 4) is 0 Å². The Kier molecular flexibility index (Phi) is 5.66. The van der Waals surface area contributed by atoms with E-state index in [4.69, 9.17) is 0 Å². The molecule has 0 bridgehead atoms. The van der Waals surface area contributed by atoms with Crippen molar-refractivity contribution in [2.24, 2.45) is 0 Å². The fourth-order valence-corrected chi connectivity index (χ4v) is 4.94. The minimum absolute atomic E-state index is 0.106. The highest BCUT2D eigenvalue weighted by Gasteiger charge is 2.26. The van der Waals surface area contributed by atoms with E-state index >= 15 is 0 Å². The summed E-state index contributed by atoms with van der Waals surface area (Å²) < 4.78 is 27.5. The third kappa shape index (κ3) is 4.64. The third-order valence-corrected chi connectivity index (χ3v) is 6.90. The average Bonchev–Trinajstić information content (AvgIpc) is 3.06. The van der Waals surface area contributed by atoms with Gasteiger partial charge in [0, 0.05) is 11.6 Å². The Hall–Kier alpha value is -1.88. The normalized spacial score (nSPS) is 16.5. The topological polar surface area (TPSA) is 104 Å². The second kappa shape index (κ2) is 7.78. The Balaban J connectivity index is 1.66. The van der Waals surface area contributed by atoms with Gasteiger partial charge in [-0.05, 0) is 52.0 Å². The van der Waals surface area contributed by atoms with Crippen molar-refractivity contribution in [1.29, 1.82) is 0 Å². The molecule has 0 saturated carbocycles. The van der Waals surface area contributed by atoms with Crippen LogP contribution in [0.25, 0.3) is 0 Å². The number of nitrogens with one attached hydrogen (secondary N) is 2. The molecule has 140 valence electrons. The number of amides is 1. The molecule has 2 heterocycles. The van der Waals surface area contributed by atoms with Gasteiger partial charge in [0.1, 0.15) is 0 Å². The molecule has 1 fully saturated rings. The Morgan fingerprint density at radius 2 is 2.00 bits per heavy atom. The van der Waals surface area contributed by atoms with Crippen LogP contribution in [0.3, 0.4) is 0 Å². The van der Waals surface area contributed by atoms with Crippen molar-refractivity contribution < 1.29 is 13.2 Å². The lowest BCUT2D eigenvalue weighted by Gasteiger charge is -2.28. The molecule has 10 heteroatoms.